The van der Waals surface area contributed by atoms with E-state index in [2.05, 4.69) is 10.2 Å². The number of para-hydroxylation sites is 1. The Morgan fingerprint density at radius 2 is 1.79 bits per heavy atom. The fraction of sp³-hybridized carbons (Fsp3) is 0.250. The van der Waals surface area contributed by atoms with Crippen molar-refractivity contribution in [3.63, 3.8) is 0 Å². The van der Waals surface area contributed by atoms with E-state index in [1.807, 2.05) is 57.4 Å². The molecule has 2 rings (SSSR count). The van der Waals surface area contributed by atoms with Gasteiger partial charge in [-0.1, -0.05) is 18.2 Å². The van der Waals surface area contributed by atoms with Crippen molar-refractivity contribution in [2.75, 3.05) is 19.0 Å². The average molecular weight is 258 g/mol. The minimum absolute atomic E-state index is 0.0943. The standard InChI is InChI=1S/C16H19FN2/c1-12(18-2)15-11-13(17)9-10-16(15)19(3)14-7-5-4-6-8-14/h4-12,18H,1-3H3. The molecule has 0 aliphatic heterocycles. The van der Waals surface area contributed by atoms with Crippen molar-refractivity contribution < 1.29 is 4.39 Å². The van der Waals surface area contributed by atoms with E-state index in [9.17, 15) is 4.39 Å². The predicted molar refractivity (Wildman–Crippen MR) is 78.4 cm³/mol. The van der Waals surface area contributed by atoms with E-state index in [-0.39, 0.29) is 11.9 Å². The van der Waals surface area contributed by atoms with Crippen LogP contribution in [0.15, 0.2) is 48.5 Å². The van der Waals surface area contributed by atoms with Gasteiger partial charge in [0, 0.05) is 24.5 Å². The summed E-state index contributed by atoms with van der Waals surface area (Å²) in [5.74, 6) is -0.206. The molecule has 0 spiro atoms. The zero-order chi connectivity index (χ0) is 13.8. The highest BCUT2D eigenvalue weighted by Gasteiger charge is 2.14. The Labute approximate surface area is 113 Å². The molecule has 0 radical (unpaired) electrons. The summed E-state index contributed by atoms with van der Waals surface area (Å²) in [5.41, 5.74) is 3.04. The Morgan fingerprint density at radius 1 is 1.11 bits per heavy atom. The molecule has 0 heterocycles. The first-order valence-corrected chi connectivity index (χ1v) is 6.39. The highest BCUT2D eigenvalue weighted by Crippen LogP contribution is 2.31. The van der Waals surface area contributed by atoms with Crippen LogP contribution in [0, 0.1) is 5.82 Å². The molecule has 0 aromatic heterocycles. The molecule has 0 amide bonds. The van der Waals surface area contributed by atoms with Gasteiger partial charge >= 0.3 is 0 Å². The number of nitrogens with one attached hydrogen (secondary N) is 1. The van der Waals surface area contributed by atoms with Crippen molar-refractivity contribution in [1.82, 2.24) is 5.32 Å². The second-order valence-corrected chi connectivity index (χ2v) is 4.61. The lowest BCUT2D eigenvalue weighted by Crippen LogP contribution is -2.18. The first kappa shape index (κ1) is 13.6. The van der Waals surface area contributed by atoms with E-state index in [0.717, 1.165) is 16.9 Å². The van der Waals surface area contributed by atoms with Gasteiger partial charge in [-0.25, -0.2) is 4.39 Å². The number of hydrogen-bond donors (Lipinski definition) is 1. The molecule has 1 unspecified atom stereocenters. The second-order valence-electron chi connectivity index (χ2n) is 4.61. The Hall–Kier alpha value is -1.87. The zero-order valence-electron chi connectivity index (χ0n) is 11.5. The van der Waals surface area contributed by atoms with Crippen LogP contribution in [0.2, 0.25) is 0 Å². The molecule has 0 saturated heterocycles. The van der Waals surface area contributed by atoms with Crippen LogP contribution in [-0.2, 0) is 0 Å². The molecule has 0 fully saturated rings. The molecule has 1 N–H and O–H groups in total. The van der Waals surface area contributed by atoms with Gasteiger partial charge in [-0.05, 0) is 49.9 Å². The molecule has 2 nitrogen and oxygen atoms in total. The summed E-state index contributed by atoms with van der Waals surface area (Å²) in [6.07, 6.45) is 0. The Balaban J connectivity index is 2.44. The Morgan fingerprint density at radius 3 is 2.42 bits per heavy atom. The van der Waals surface area contributed by atoms with Crippen molar-refractivity contribution in [3.05, 3.63) is 59.9 Å². The molecule has 3 heteroatoms. The van der Waals surface area contributed by atoms with E-state index >= 15 is 0 Å². The van der Waals surface area contributed by atoms with Crippen LogP contribution >= 0.6 is 0 Å². The molecule has 2 aromatic rings. The average Bonchev–Trinajstić information content (AvgIpc) is 2.46. The molecule has 0 aliphatic rings. The van der Waals surface area contributed by atoms with Gasteiger partial charge in [0.2, 0.25) is 0 Å². The Kier molecular flexibility index (Phi) is 4.17. The molecule has 0 bridgehead atoms. The van der Waals surface area contributed by atoms with Crippen LogP contribution in [0.25, 0.3) is 0 Å². The topological polar surface area (TPSA) is 15.3 Å². The molecular formula is C16H19FN2. The van der Waals surface area contributed by atoms with Gasteiger partial charge in [-0.2, -0.15) is 0 Å². The van der Waals surface area contributed by atoms with Crippen LogP contribution in [0.3, 0.4) is 0 Å². The molecule has 19 heavy (non-hydrogen) atoms. The van der Waals surface area contributed by atoms with Gasteiger partial charge in [0.1, 0.15) is 5.82 Å². The number of rotatable bonds is 4. The van der Waals surface area contributed by atoms with Crippen molar-refractivity contribution in [3.8, 4) is 0 Å². The van der Waals surface area contributed by atoms with Gasteiger partial charge in [-0.3, -0.25) is 0 Å². The number of hydrogen-bond acceptors (Lipinski definition) is 2. The molecule has 0 saturated carbocycles. The number of nitrogens with zero attached hydrogens (tertiary/aromatic N) is 1. The van der Waals surface area contributed by atoms with Gasteiger partial charge in [0.25, 0.3) is 0 Å². The van der Waals surface area contributed by atoms with E-state index in [0.29, 0.717) is 0 Å². The van der Waals surface area contributed by atoms with Gasteiger partial charge in [0.05, 0.1) is 0 Å². The smallest absolute Gasteiger partial charge is 0.123 e. The summed E-state index contributed by atoms with van der Waals surface area (Å²) in [7, 11) is 3.87. The fourth-order valence-electron chi connectivity index (χ4n) is 2.12. The van der Waals surface area contributed by atoms with Crippen LogP contribution in [0.5, 0.6) is 0 Å². The highest BCUT2D eigenvalue weighted by atomic mass is 19.1. The van der Waals surface area contributed by atoms with E-state index in [1.165, 1.54) is 6.07 Å². The third-order valence-electron chi connectivity index (χ3n) is 3.39. The molecule has 100 valence electrons. The number of halogens is 1. The SMILES string of the molecule is CNC(C)c1cc(F)ccc1N(C)c1ccccc1. The first-order chi connectivity index (χ1) is 9.13. The molecule has 2 aromatic carbocycles. The second kappa shape index (κ2) is 5.85. The first-order valence-electron chi connectivity index (χ1n) is 6.39. The normalized spacial score (nSPS) is 12.2. The summed E-state index contributed by atoms with van der Waals surface area (Å²) < 4.78 is 13.5. The quantitative estimate of drug-likeness (QED) is 0.895. The van der Waals surface area contributed by atoms with Gasteiger partial charge in [0.15, 0.2) is 0 Å². The maximum atomic E-state index is 13.5. The van der Waals surface area contributed by atoms with Crippen molar-refractivity contribution in [1.29, 1.82) is 0 Å². The number of anilines is 2. The van der Waals surface area contributed by atoms with E-state index in [4.69, 9.17) is 0 Å². The third kappa shape index (κ3) is 2.93. The third-order valence-corrected chi connectivity index (χ3v) is 3.39. The summed E-state index contributed by atoms with van der Waals surface area (Å²) in [4.78, 5) is 2.07. The summed E-state index contributed by atoms with van der Waals surface area (Å²) in [6, 6.07) is 15.1. The van der Waals surface area contributed by atoms with Crippen molar-refractivity contribution >= 4 is 11.4 Å². The highest BCUT2D eigenvalue weighted by molar-refractivity contribution is 5.66. The summed E-state index contributed by atoms with van der Waals surface area (Å²) in [5, 5.41) is 3.16. The zero-order valence-corrected chi connectivity index (χ0v) is 11.5. The van der Waals surface area contributed by atoms with E-state index < -0.39 is 0 Å². The van der Waals surface area contributed by atoms with Gasteiger partial charge in [-0.15, -0.1) is 0 Å². The van der Waals surface area contributed by atoms with Crippen LogP contribution in [-0.4, -0.2) is 14.1 Å². The van der Waals surface area contributed by atoms with E-state index in [1.54, 1.807) is 6.07 Å². The Bertz CT molecular complexity index is 540. The van der Waals surface area contributed by atoms with Crippen molar-refractivity contribution in [2.24, 2.45) is 0 Å². The summed E-state index contributed by atoms with van der Waals surface area (Å²) in [6.45, 7) is 2.02. The van der Waals surface area contributed by atoms with Crippen LogP contribution < -0.4 is 10.2 Å². The lowest BCUT2D eigenvalue weighted by atomic mass is 10.0. The molecular weight excluding hydrogens is 239 g/mol. The van der Waals surface area contributed by atoms with Crippen molar-refractivity contribution in [2.45, 2.75) is 13.0 Å². The number of benzene rings is 2. The lowest BCUT2D eigenvalue weighted by Gasteiger charge is -2.25. The monoisotopic (exact) mass is 258 g/mol. The molecule has 1 atom stereocenters. The van der Waals surface area contributed by atoms with Crippen LogP contribution in [0.4, 0.5) is 15.8 Å². The maximum absolute atomic E-state index is 13.5. The minimum Gasteiger partial charge on any atom is -0.344 e. The molecule has 0 aliphatic carbocycles. The summed E-state index contributed by atoms with van der Waals surface area (Å²) >= 11 is 0. The minimum atomic E-state index is -0.206. The fourth-order valence-corrected chi connectivity index (χ4v) is 2.12. The maximum Gasteiger partial charge on any atom is 0.123 e. The van der Waals surface area contributed by atoms with Crippen LogP contribution in [0.1, 0.15) is 18.5 Å². The lowest BCUT2D eigenvalue weighted by molar-refractivity contribution is 0.608. The van der Waals surface area contributed by atoms with Gasteiger partial charge < -0.3 is 10.2 Å². The predicted octanol–water partition coefficient (Wildman–Crippen LogP) is 3.87. The largest absolute Gasteiger partial charge is 0.344 e.